The topological polar surface area (TPSA) is 12.0 Å². The van der Waals surface area contributed by atoms with Crippen LogP contribution in [0.4, 0.5) is 0 Å². The molecule has 2 unspecified atom stereocenters. The van der Waals surface area contributed by atoms with Crippen LogP contribution in [-0.4, -0.2) is 13.1 Å². The zero-order chi connectivity index (χ0) is 9.52. The summed E-state index contributed by atoms with van der Waals surface area (Å²) in [6.45, 7) is 7.08. The van der Waals surface area contributed by atoms with E-state index in [1.54, 1.807) is 0 Å². The molecule has 0 aromatic heterocycles. The summed E-state index contributed by atoms with van der Waals surface area (Å²) in [4.78, 5) is 0. The lowest BCUT2D eigenvalue weighted by atomic mass is 10.2. The Balaban J connectivity index is 1.80. The molecule has 0 aromatic rings. The maximum atomic E-state index is 3.57. The van der Waals surface area contributed by atoms with Crippen LogP contribution in [0.15, 0.2) is 0 Å². The van der Waals surface area contributed by atoms with E-state index in [2.05, 4.69) is 19.2 Å². The van der Waals surface area contributed by atoms with E-state index in [0.29, 0.717) is 0 Å². The molecule has 1 aliphatic rings. The van der Waals surface area contributed by atoms with E-state index in [1.807, 2.05) is 0 Å². The van der Waals surface area contributed by atoms with Gasteiger partial charge in [0.15, 0.2) is 0 Å². The van der Waals surface area contributed by atoms with E-state index in [1.165, 1.54) is 51.6 Å². The molecule has 0 bridgehead atoms. The van der Waals surface area contributed by atoms with Crippen molar-refractivity contribution >= 4 is 0 Å². The van der Waals surface area contributed by atoms with E-state index >= 15 is 0 Å². The second-order valence-corrected chi connectivity index (χ2v) is 4.46. The summed E-state index contributed by atoms with van der Waals surface area (Å²) < 4.78 is 0. The van der Waals surface area contributed by atoms with Crippen molar-refractivity contribution < 1.29 is 0 Å². The molecule has 0 aromatic carbocycles. The third-order valence-electron chi connectivity index (χ3n) is 3.09. The smallest absolute Gasteiger partial charge is 0.00178 e. The average molecular weight is 183 g/mol. The second kappa shape index (κ2) is 6.42. The Morgan fingerprint density at radius 1 is 1.08 bits per heavy atom. The first kappa shape index (κ1) is 11.0. The van der Waals surface area contributed by atoms with Gasteiger partial charge in [0.25, 0.3) is 0 Å². The number of unbranched alkanes of at least 4 members (excludes halogenated alkanes) is 2. The van der Waals surface area contributed by atoms with E-state index < -0.39 is 0 Å². The van der Waals surface area contributed by atoms with Gasteiger partial charge in [-0.25, -0.2) is 0 Å². The van der Waals surface area contributed by atoms with E-state index in [4.69, 9.17) is 0 Å². The van der Waals surface area contributed by atoms with Gasteiger partial charge in [-0.05, 0) is 37.8 Å². The predicted octanol–water partition coefficient (Wildman–Crippen LogP) is 3.20. The van der Waals surface area contributed by atoms with Crippen molar-refractivity contribution in [1.82, 2.24) is 5.32 Å². The number of rotatable bonds is 8. The van der Waals surface area contributed by atoms with Gasteiger partial charge in [0.1, 0.15) is 0 Å². The zero-order valence-electron chi connectivity index (χ0n) is 9.31. The van der Waals surface area contributed by atoms with Crippen molar-refractivity contribution in [3.8, 4) is 0 Å². The molecule has 0 amide bonds. The van der Waals surface area contributed by atoms with Crippen LogP contribution in [0.25, 0.3) is 0 Å². The van der Waals surface area contributed by atoms with Gasteiger partial charge in [0.05, 0.1) is 0 Å². The molecule has 1 aliphatic carbocycles. The fourth-order valence-electron chi connectivity index (χ4n) is 2.07. The van der Waals surface area contributed by atoms with Gasteiger partial charge in [-0.15, -0.1) is 0 Å². The highest BCUT2D eigenvalue weighted by Crippen LogP contribution is 2.41. The monoisotopic (exact) mass is 183 g/mol. The molecule has 1 N–H and O–H groups in total. The molecule has 0 spiro atoms. The first-order chi connectivity index (χ1) is 6.38. The van der Waals surface area contributed by atoms with Crippen molar-refractivity contribution in [3.05, 3.63) is 0 Å². The van der Waals surface area contributed by atoms with Gasteiger partial charge in [-0.3, -0.25) is 0 Å². The van der Waals surface area contributed by atoms with Gasteiger partial charge in [-0.1, -0.05) is 39.5 Å². The third-order valence-corrected chi connectivity index (χ3v) is 3.09. The van der Waals surface area contributed by atoms with Crippen molar-refractivity contribution in [1.29, 1.82) is 0 Å². The summed E-state index contributed by atoms with van der Waals surface area (Å²) in [6, 6.07) is 0. The number of hydrogen-bond acceptors (Lipinski definition) is 1. The maximum absolute atomic E-state index is 3.57. The molecule has 1 rings (SSSR count). The van der Waals surface area contributed by atoms with Crippen LogP contribution in [0.5, 0.6) is 0 Å². The normalized spacial score (nSPS) is 26.3. The third kappa shape index (κ3) is 4.66. The van der Waals surface area contributed by atoms with Crippen LogP contribution in [0.3, 0.4) is 0 Å². The molecule has 13 heavy (non-hydrogen) atoms. The van der Waals surface area contributed by atoms with Crippen LogP contribution in [0, 0.1) is 11.8 Å². The van der Waals surface area contributed by atoms with Crippen LogP contribution in [0.1, 0.15) is 52.4 Å². The van der Waals surface area contributed by atoms with Gasteiger partial charge in [0.2, 0.25) is 0 Å². The Morgan fingerprint density at radius 3 is 2.62 bits per heavy atom. The fourth-order valence-corrected chi connectivity index (χ4v) is 2.07. The first-order valence-electron chi connectivity index (χ1n) is 6.09. The highest BCUT2D eigenvalue weighted by Gasteiger charge is 2.34. The minimum Gasteiger partial charge on any atom is -0.316 e. The molecule has 1 fully saturated rings. The van der Waals surface area contributed by atoms with Gasteiger partial charge >= 0.3 is 0 Å². The Bertz CT molecular complexity index is 122. The molecule has 0 radical (unpaired) electrons. The molecule has 2 atom stereocenters. The molecule has 0 saturated heterocycles. The molecule has 78 valence electrons. The summed E-state index contributed by atoms with van der Waals surface area (Å²) in [5, 5.41) is 3.57. The molecule has 1 nitrogen and oxygen atoms in total. The Morgan fingerprint density at radius 2 is 1.92 bits per heavy atom. The maximum Gasteiger partial charge on any atom is -0.00178 e. The van der Waals surface area contributed by atoms with Crippen LogP contribution in [-0.2, 0) is 0 Å². The van der Waals surface area contributed by atoms with Gasteiger partial charge in [0, 0.05) is 0 Å². The molecular formula is C12H25N. The predicted molar refractivity (Wildman–Crippen MR) is 58.9 cm³/mol. The first-order valence-corrected chi connectivity index (χ1v) is 6.09. The number of hydrogen-bond donors (Lipinski definition) is 1. The van der Waals surface area contributed by atoms with Gasteiger partial charge in [-0.2, -0.15) is 0 Å². The lowest BCUT2D eigenvalue weighted by Gasteiger charge is -2.02. The number of nitrogens with one attached hydrogen (secondary N) is 1. The molecule has 1 heteroatoms. The highest BCUT2D eigenvalue weighted by molar-refractivity contribution is 4.87. The molecule has 0 heterocycles. The zero-order valence-corrected chi connectivity index (χ0v) is 9.31. The largest absolute Gasteiger partial charge is 0.316 e. The Labute approximate surface area is 83.3 Å². The van der Waals surface area contributed by atoms with E-state index in [9.17, 15) is 0 Å². The van der Waals surface area contributed by atoms with Crippen LogP contribution >= 0.6 is 0 Å². The fraction of sp³-hybridized carbons (Fsp3) is 1.00. The Kier molecular flexibility index (Phi) is 5.45. The highest BCUT2D eigenvalue weighted by atomic mass is 14.9. The molecular weight excluding hydrogens is 158 g/mol. The van der Waals surface area contributed by atoms with Crippen molar-refractivity contribution in [2.24, 2.45) is 11.8 Å². The van der Waals surface area contributed by atoms with Crippen molar-refractivity contribution in [2.45, 2.75) is 52.4 Å². The van der Waals surface area contributed by atoms with E-state index in [-0.39, 0.29) is 0 Å². The van der Waals surface area contributed by atoms with Gasteiger partial charge < -0.3 is 5.32 Å². The van der Waals surface area contributed by atoms with E-state index in [0.717, 1.165) is 11.8 Å². The lowest BCUT2D eigenvalue weighted by molar-refractivity contribution is 0.554. The summed E-state index contributed by atoms with van der Waals surface area (Å²) in [7, 11) is 0. The summed E-state index contributed by atoms with van der Waals surface area (Å²) in [5.41, 5.74) is 0. The van der Waals surface area contributed by atoms with Crippen molar-refractivity contribution in [3.63, 3.8) is 0 Å². The molecule has 0 aliphatic heterocycles. The average Bonchev–Trinajstić information content (AvgIpc) is 2.84. The molecule has 1 saturated carbocycles. The SMILES string of the molecule is CCCCCNCC1CC1CCC. The summed E-state index contributed by atoms with van der Waals surface area (Å²) in [6.07, 6.45) is 8.41. The standard InChI is InChI=1S/C12H25N/c1-3-5-6-8-13-10-12-9-11(12)7-4-2/h11-13H,3-10H2,1-2H3. The summed E-state index contributed by atoms with van der Waals surface area (Å²) in [5.74, 6) is 2.10. The minimum absolute atomic E-state index is 1.03. The van der Waals surface area contributed by atoms with Crippen LogP contribution in [0.2, 0.25) is 0 Å². The minimum atomic E-state index is 1.03. The quantitative estimate of drug-likeness (QED) is 0.570. The van der Waals surface area contributed by atoms with Crippen molar-refractivity contribution in [2.75, 3.05) is 13.1 Å². The summed E-state index contributed by atoms with van der Waals surface area (Å²) >= 11 is 0. The Hall–Kier alpha value is -0.0400. The second-order valence-electron chi connectivity index (χ2n) is 4.46. The van der Waals surface area contributed by atoms with Crippen LogP contribution < -0.4 is 5.32 Å². The lowest BCUT2D eigenvalue weighted by Crippen LogP contribution is -2.18.